The van der Waals surface area contributed by atoms with Crippen molar-refractivity contribution >= 4 is 16.3 Å². The van der Waals surface area contributed by atoms with Gasteiger partial charge in [-0.2, -0.15) is 0 Å². The molecule has 0 aliphatic carbocycles. The third kappa shape index (κ3) is 3.41. The first kappa shape index (κ1) is 11.1. The highest BCUT2D eigenvalue weighted by Crippen LogP contribution is 2.23. The highest BCUT2D eigenvalue weighted by Gasteiger charge is 2.08. The van der Waals surface area contributed by atoms with Gasteiger partial charge in [-0.15, -0.1) is 0 Å². The van der Waals surface area contributed by atoms with E-state index in [9.17, 15) is 10.1 Å². The maximum absolute atomic E-state index is 10.4. The second-order valence-corrected chi connectivity index (χ2v) is 3.81. The Hall–Kier alpha value is -0.980. The molecule has 1 aromatic heterocycles. The molecule has 78 valence electrons. The lowest BCUT2D eigenvalue weighted by molar-refractivity contribution is -0.380. The first-order valence-corrected chi connectivity index (χ1v) is 4.98. The predicted octanol–water partition coefficient (Wildman–Crippen LogP) is 1.39. The van der Waals surface area contributed by atoms with Crippen LogP contribution in [-0.4, -0.2) is 25.2 Å². The maximum Gasteiger partial charge on any atom is 0.324 e. The molecule has 0 spiro atoms. The van der Waals surface area contributed by atoms with E-state index in [-0.39, 0.29) is 9.92 Å². The van der Waals surface area contributed by atoms with Crippen LogP contribution in [0, 0.1) is 10.1 Å². The summed E-state index contributed by atoms with van der Waals surface area (Å²) in [6.45, 7) is 2.05. The van der Waals surface area contributed by atoms with E-state index in [2.05, 4.69) is 5.32 Å². The van der Waals surface area contributed by atoms with Gasteiger partial charge in [0.1, 0.15) is 0 Å². The number of ether oxygens (including phenoxy) is 1. The molecule has 1 rings (SSSR count). The normalized spacial score (nSPS) is 10.4. The summed E-state index contributed by atoms with van der Waals surface area (Å²) in [6, 6.07) is 3.29. The quantitative estimate of drug-likeness (QED) is 0.443. The molecule has 6 heteroatoms. The zero-order valence-corrected chi connectivity index (χ0v) is 8.67. The number of hydrogen-bond acceptors (Lipinski definition) is 5. The second-order valence-electron chi connectivity index (χ2n) is 2.67. The van der Waals surface area contributed by atoms with Crippen LogP contribution in [0.4, 0.5) is 5.00 Å². The zero-order valence-electron chi connectivity index (χ0n) is 7.86. The average molecular weight is 216 g/mol. The topological polar surface area (TPSA) is 64.4 Å². The van der Waals surface area contributed by atoms with Gasteiger partial charge in [0.2, 0.25) is 0 Å². The van der Waals surface area contributed by atoms with Gasteiger partial charge in [-0.3, -0.25) is 10.1 Å². The molecule has 5 nitrogen and oxygen atoms in total. The van der Waals surface area contributed by atoms with Crippen molar-refractivity contribution in [2.45, 2.75) is 6.54 Å². The molecule has 14 heavy (non-hydrogen) atoms. The van der Waals surface area contributed by atoms with Gasteiger partial charge in [0, 0.05) is 31.1 Å². The Balaban J connectivity index is 2.33. The molecular formula is C8H12N2O3S. The highest BCUT2D eigenvalue weighted by molar-refractivity contribution is 7.15. The van der Waals surface area contributed by atoms with Crippen molar-refractivity contribution in [3.05, 3.63) is 27.1 Å². The summed E-state index contributed by atoms with van der Waals surface area (Å²) in [6.07, 6.45) is 0. The van der Waals surface area contributed by atoms with Gasteiger partial charge >= 0.3 is 5.00 Å². The standard InChI is InChI=1S/C8H12N2O3S/c1-13-5-4-9-6-7-2-3-8(14-7)10(11)12/h2-3,9H,4-6H2,1H3. The highest BCUT2D eigenvalue weighted by atomic mass is 32.1. The molecule has 1 aromatic rings. The molecule has 0 bridgehead atoms. The van der Waals surface area contributed by atoms with Crippen molar-refractivity contribution in [3.8, 4) is 0 Å². The van der Waals surface area contributed by atoms with Gasteiger partial charge in [0.25, 0.3) is 0 Å². The molecule has 0 unspecified atom stereocenters. The van der Waals surface area contributed by atoms with Crippen molar-refractivity contribution < 1.29 is 9.66 Å². The molecule has 0 radical (unpaired) electrons. The summed E-state index contributed by atoms with van der Waals surface area (Å²) >= 11 is 1.20. The molecule has 0 aliphatic heterocycles. The van der Waals surface area contributed by atoms with Crippen LogP contribution in [0.25, 0.3) is 0 Å². The largest absolute Gasteiger partial charge is 0.383 e. The van der Waals surface area contributed by atoms with E-state index in [0.717, 1.165) is 11.4 Å². The molecular weight excluding hydrogens is 204 g/mol. The minimum atomic E-state index is -0.372. The number of thiophene rings is 1. The van der Waals surface area contributed by atoms with E-state index < -0.39 is 0 Å². The van der Waals surface area contributed by atoms with Crippen LogP contribution in [0.5, 0.6) is 0 Å². The molecule has 0 atom stereocenters. The van der Waals surface area contributed by atoms with Gasteiger partial charge in [0.15, 0.2) is 0 Å². The Labute approximate surface area is 85.8 Å². The van der Waals surface area contributed by atoms with E-state index in [4.69, 9.17) is 4.74 Å². The van der Waals surface area contributed by atoms with Crippen molar-refractivity contribution in [2.75, 3.05) is 20.3 Å². The van der Waals surface area contributed by atoms with Gasteiger partial charge in [-0.05, 0) is 6.07 Å². The fourth-order valence-corrected chi connectivity index (χ4v) is 1.74. The molecule has 0 saturated carbocycles. The lowest BCUT2D eigenvalue weighted by Crippen LogP contribution is -2.17. The number of hydrogen-bond donors (Lipinski definition) is 1. The Kier molecular flexibility index (Phi) is 4.51. The summed E-state index contributed by atoms with van der Waals surface area (Å²) < 4.78 is 4.86. The zero-order chi connectivity index (χ0) is 10.4. The van der Waals surface area contributed by atoms with E-state index in [1.807, 2.05) is 0 Å². The predicted molar refractivity (Wildman–Crippen MR) is 54.6 cm³/mol. The average Bonchev–Trinajstić information content (AvgIpc) is 2.61. The molecule has 0 amide bonds. The van der Waals surface area contributed by atoms with E-state index in [1.165, 1.54) is 17.4 Å². The van der Waals surface area contributed by atoms with Crippen molar-refractivity contribution in [2.24, 2.45) is 0 Å². The van der Waals surface area contributed by atoms with E-state index in [1.54, 1.807) is 13.2 Å². The summed E-state index contributed by atoms with van der Waals surface area (Å²) in [5, 5.41) is 13.7. The molecule has 0 aliphatic rings. The Morgan fingerprint density at radius 1 is 1.64 bits per heavy atom. The van der Waals surface area contributed by atoms with Gasteiger partial charge in [-0.1, -0.05) is 11.3 Å². The monoisotopic (exact) mass is 216 g/mol. The summed E-state index contributed by atoms with van der Waals surface area (Å²) in [5.41, 5.74) is 0. The minimum absolute atomic E-state index is 0.188. The molecule has 0 saturated heterocycles. The molecule has 1 heterocycles. The van der Waals surface area contributed by atoms with Crippen molar-refractivity contribution in [1.82, 2.24) is 5.32 Å². The van der Waals surface area contributed by atoms with E-state index in [0.29, 0.717) is 13.2 Å². The van der Waals surface area contributed by atoms with Crippen LogP contribution >= 0.6 is 11.3 Å². The first-order chi connectivity index (χ1) is 6.74. The van der Waals surface area contributed by atoms with Crippen LogP contribution < -0.4 is 5.32 Å². The molecule has 0 aromatic carbocycles. The fourth-order valence-electron chi connectivity index (χ4n) is 0.946. The van der Waals surface area contributed by atoms with Gasteiger partial charge in [-0.25, -0.2) is 0 Å². The van der Waals surface area contributed by atoms with Crippen LogP contribution in [0.2, 0.25) is 0 Å². The molecule has 1 N–H and O–H groups in total. The fraction of sp³-hybridized carbons (Fsp3) is 0.500. The van der Waals surface area contributed by atoms with Crippen molar-refractivity contribution in [3.63, 3.8) is 0 Å². The lowest BCUT2D eigenvalue weighted by Gasteiger charge is -2.00. The summed E-state index contributed by atoms with van der Waals surface area (Å²) in [4.78, 5) is 11.0. The summed E-state index contributed by atoms with van der Waals surface area (Å²) in [7, 11) is 1.64. The SMILES string of the molecule is COCCNCc1ccc([N+](=O)[O-])s1. The summed E-state index contributed by atoms with van der Waals surface area (Å²) in [5.74, 6) is 0. The van der Waals surface area contributed by atoms with Crippen LogP contribution in [-0.2, 0) is 11.3 Å². The minimum Gasteiger partial charge on any atom is -0.383 e. The van der Waals surface area contributed by atoms with Crippen molar-refractivity contribution in [1.29, 1.82) is 0 Å². The van der Waals surface area contributed by atoms with E-state index >= 15 is 0 Å². The smallest absolute Gasteiger partial charge is 0.324 e. The third-order valence-corrected chi connectivity index (χ3v) is 2.65. The number of rotatable bonds is 6. The number of nitro groups is 1. The molecule has 0 fully saturated rings. The number of nitrogens with zero attached hydrogens (tertiary/aromatic N) is 1. The maximum atomic E-state index is 10.4. The van der Waals surface area contributed by atoms with Crippen LogP contribution in [0.15, 0.2) is 12.1 Å². The van der Waals surface area contributed by atoms with Crippen LogP contribution in [0.1, 0.15) is 4.88 Å². The van der Waals surface area contributed by atoms with Gasteiger partial charge in [0.05, 0.1) is 11.5 Å². The third-order valence-electron chi connectivity index (χ3n) is 1.61. The van der Waals surface area contributed by atoms with Gasteiger partial charge < -0.3 is 10.1 Å². The second kappa shape index (κ2) is 5.69. The first-order valence-electron chi connectivity index (χ1n) is 4.17. The number of nitrogens with one attached hydrogen (secondary N) is 1. The number of methoxy groups -OCH3 is 1. The Bertz CT molecular complexity index is 301. The van der Waals surface area contributed by atoms with Crippen LogP contribution in [0.3, 0.4) is 0 Å². The Morgan fingerprint density at radius 3 is 3.00 bits per heavy atom. The Morgan fingerprint density at radius 2 is 2.43 bits per heavy atom. The lowest BCUT2D eigenvalue weighted by atomic mass is 10.4.